The second kappa shape index (κ2) is 8.88. The molecule has 0 aliphatic heterocycles. The van der Waals surface area contributed by atoms with Gasteiger partial charge in [-0.05, 0) is 55.3 Å². The summed E-state index contributed by atoms with van der Waals surface area (Å²) >= 11 is 0. The molecule has 2 atom stereocenters. The fourth-order valence-corrected chi connectivity index (χ4v) is 3.82. The molecule has 0 radical (unpaired) electrons. The Hall–Kier alpha value is -1.58. The Labute approximate surface area is 162 Å². The summed E-state index contributed by atoms with van der Waals surface area (Å²) in [6.07, 6.45) is 3.76. The van der Waals surface area contributed by atoms with Gasteiger partial charge in [-0.15, -0.1) is 12.4 Å². The van der Waals surface area contributed by atoms with Crippen molar-refractivity contribution < 1.29 is 9.13 Å². The molecule has 4 heteroatoms. The first-order valence-corrected chi connectivity index (χ1v) is 9.17. The Morgan fingerprint density at radius 1 is 1.00 bits per heavy atom. The fourth-order valence-electron chi connectivity index (χ4n) is 3.82. The van der Waals surface area contributed by atoms with Crippen LogP contribution in [0.15, 0.2) is 48.5 Å². The normalized spacial score (nSPS) is 19.8. The smallest absolute Gasteiger partial charge is 0.123 e. The molecule has 0 bridgehead atoms. The molecular weight excluding hydrogens is 349 g/mol. The van der Waals surface area contributed by atoms with Gasteiger partial charge in [0.25, 0.3) is 0 Å². The van der Waals surface area contributed by atoms with Crippen LogP contribution in [-0.4, -0.2) is 19.7 Å². The van der Waals surface area contributed by atoms with E-state index in [1.165, 1.54) is 37.0 Å². The third-order valence-corrected chi connectivity index (χ3v) is 5.64. The van der Waals surface area contributed by atoms with Crippen molar-refractivity contribution in [3.05, 3.63) is 65.5 Å². The van der Waals surface area contributed by atoms with Crippen LogP contribution in [0, 0.1) is 11.7 Å². The van der Waals surface area contributed by atoms with Gasteiger partial charge in [0.1, 0.15) is 11.6 Å². The van der Waals surface area contributed by atoms with E-state index in [0.29, 0.717) is 12.0 Å². The lowest BCUT2D eigenvalue weighted by molar-refractivity contribution is 0.229. The van der Waals surface area contributed by atoms with Crippen LogP contribution in [0.2, 0.25) is 0 Å². The van der Waals surface area contributed by atoms with Gasteiger partial charge in [-0.1, -0.05) is 44.5 Å². The van der Waals surface area contributed by atoms with E-state index in [1.54, 1.807) is 0 Å². The summed E-state index contributed by atoms with van der Waals surface area (Å²) in [5.41, 5.74) is 2.13. The maximum Gasteiger partial charge on any atom is 0.123 e. The Balaban J connectivity index is 0.00000243. The molecule has 0 heterocycles. The minimum atomic E-state index is -0.199. The molecule has 142 valence electrons. The maximum atomic E-state index is 13.2. The van der Waals surface area contributed by atoms with E-state index in [1.807, 2.05) is 31.3 Å². The fraction of sp³-hybridized carbons (Fsp3) is 0.455. The predicted molar refractivity (Wildman–Crippen MR) is 108 cm³/mol. The molecule has 1 saturated carbocycles. The second-order valence-electron chi connectivity index (χ2n) is 7.55. The monoisotopic (exact) mass is 377 g/mol. The Morgan fingerprint density at radius 2 is 1.58 bits per heavy atom. The second-order valence-corrected chi connectivity index (χ2v) is 7.55. The molecule has 26 heavy (non-hydrogen) atoms. The van der Waals surface area contributed by atoms with Gasteiger partial charge in [-0.2, -0.15) is 0 Å². The van der Waals surface area contributed by atoms with E-state index in [0.717, 1.165) is 17.9 Å². The van der Waals surface area contributed by atoms with E-state index in [2.05, 4.69) is 31.3 Å². The highest BCUT2D eigenvalue weighted by Gasteiger charge is 2.26. The molecular formula is C22H29ClFNO. The topological polar surface area (TPSA) is 21.3 Å². The number of hydrogen-bond acceptors (Lipinski definition) is 2. The van der Waals surface area contributed by atoms with E-state index < -0.39 is 0 Å². The number of rotatable bonds is 6. The van der Waals surface area contributed by atoms with E-state index in [-0.39, 0.29) is 23.6 Å². The number of halogens is 2. The van der Waals surface area contributed by atoms with Crippen LogP contribution < -0.4 is 10.1 Å². The number of ether oxygens (including phenoxy) is 1. The SMILES string of the molecule is CNC1CCCC1COc1ccc(C(C)(C)c2ccc(F)cc2)cc1.Cl. The first-order chi connectivity index (χ1) is 12.0. The highest BCUT2D eigenvalue weighted by Crippen LogP contribution is 2.33. The zero-order chi connectivity index (χ0) is 17.9. The van der Waals surface area contributed by atoms with Crippen molar-refractivity contribution in [1.82, 2.24) is 5.32 Å². The van der Waals surface area contributed by atoms with Gasteiger partial charge in [0.15, 0.2) is 0 Å². The van der Waals surface area contributed by atoms with Crippen molar-refractivity contribution >= 4 is 12.4 Å². The van der Waals surface area contributed by atoms with Crippen molar-refractivity contribution in [2.45, 2.75) is 44.6 Å². The molecule has 1 N–H and O–H groups in total. The Morgan fingerprint density at radius 3 is 2.15 bits per heavy atom. The summed E-state index contributed by atoms with van der Waals surface area (Å²) in [6, 6.07) is 15.7. The summed E-state index contributed by atoms with van der Waals surface area (Å²) < 4.78 is 19.2. The van der Waals surface area contributed by atoms with Gasteiger partial charge in [0.05, 0.1) is 6.61 Å². The van der Waals surface area contributed by atoms with Gasteiger partial charge in [-0.25, -0.2) is 4.39 Å². The van der Waals surface area contributed by atoms with Crippen molar-refractivity contribution in [1.29, 1.82) is 0 Å². The van der Waals surface area contributed by atoms with Crippen LogP contribution in [0.1, 0.15) is 44.2 Å². The molecule has 0 amide bonds. The largest absolute Gasteiger partial charge is 0.493 e. The molecule has 1 fully saturated rings. The minimum absolute atomic E-state index is 0. The van der Waals surface area contributed by atoms with E-state index in [9.17, 15) is 4.39 Å². The third-order valence-electron chi connectivity index (χ3n) is 5.64. The summed E-state index contributed by atoms with van der Waals surface area (Å²) in [4.78, 5) is 0. The summed E-state index contributed by atoms with van der Waals surface area (Å²) in [7, 11) is 2.04. The lowest BCUT2D eigenvalue weighted by Gasteiger charge is -2.26. The van der Waals surface area contributed by atoms with Crippen molar-refractivity contribution in [2.75, 3.05) is 13.7 Å². The standard InChI is InChI=1S/C22H28FNO.ClH/c1-22(2,17-7-11-19(23)12-8-17)18-9-13-20(14-10-18)25-15-16-5-4-6-21(16)24-3;/h7-14,16,21,24H,4-6,15H2,1-3H3;1H. The summed E-state index contributed by atoms with van der Waals surface area (Å²) in [6.45, 7) is 5.09. The van der Waals surface area contributed by atoms with Crippen molar-refractivity contribution in [3.8, 4) is 5.75 Å². The molecule has 2 nitrogen and oxygen atoms in total. The zero-order valence-corrected chi connectivity index (χ0v) is 16.6. The van der Waals surface area contributed by atoms with Crippen LogP contribution in [-0.2, 0) is 5.41 Å². The lowest BCUT2D eigenvalue weighted by Crippen LogP contribution is -2.32. The average molecular weight is 378 g/mol. The molecule has 3 rings (SSSR count). The van der Waals surface area contributed by atoms with Crippen LogP contribution in [0.3, 0.4) is 0 Å². The zero-order valence-electron chi connectivity index (χ0n) is 15.8. The molecule has 1 aliphatic carbocycles. The Bertz CT molecular complexity index is 684. The number of hydrogen-bond donors (Lipinski definition) is 1. The van der Waals surface area contributed by atoms with Gasteiger partial charge < -0.3 is 10.1 Å². The number of benzene rings is 2. The van der Waals surface area contributed by atoms with E-state index in [4.69, 9.17) is 4.74 Å². The highest BCUT2D eigenvalue weighted by molar-refractivity contribution is 5.85. The molecule has 2 aromatic rings. The molecule has 1 aliphatic rings. The van der Waals surface area contributed by atoms with Crippen LogP contribution in [0.5, 0.6) is 5.75 Å². The average Bonchev–Trinajstić information content (AvgIpc) is 3.08. The molecule has 2 aromatic carbocycles. The van der Waals surface area contributed by atoms with Crippen LogP contribution in [0.4, 0.5) is 4.39 Å². The van der Waals surface area contributed by atoms with E-state index >= 15 is 0 Å². The first kappa shape index (κ1) is 20.7. The molecule has 0 aromatic heterocycles. The molecule has 2 unspecified atom stereocenters. The predicted octanol–water partition coefficient (Wildman–Crippen LogP) is 5.34. The number of nitrogens with one attached hydrogen (secondary N) is 1. The quantitative estimate of drug-likeness (QED) is 0.733. The molecule has 0 spiro atoms. The minimum Gasteiger partial charge on any atom is -0.493 e. The van der Waals surface area contributed by atoms with Crippen LogP contribution >= 0.6 is 12.4 Å². The van der Waals surface area contributed by atoms with Crippen LogP contribution in [0.25, 0.3) is 0 Å². The van der Waals surface area contributed by atoms with Crippen molar-refractivity contribution in [2.24, 2.45) is 5.92 Å². The van der Waals surface area contributed by atoms with Gasteiger partial charge in [0.2, 0.25) is 0 Å². The summed E-state index contributed by atoms with van der Waals surface area (Å²) in [5.74, 6) is 1.32. The highest BCUT2D eigenvalue weighted by atomic mass is 35.5. The van der Waals surface area contributed by atoms with Gasteiger partial charge in [-0.3, -0.25) is 0 Å². The summed E-state index contributed by atoms with van der Waals surface area (Å²) in [5, 5.41) is 3.39. The van der Waals surface area contributed by atoms with Crippen molar-refractivity contribution in [3.63, 3.8) is 0 Å². The first-order valence-electron chi connectivity index (χ1n) is 9.17. The van der Waals surface area contributed by atoms with Gasteiger partial charge in [0, 0.05) is 17.4 Å². The van der Waals surface area contributed by atoms with Gasteiger partial charge >= 0.3 is 0 Å². The maximum absolute atomic E-state index is 13.2. The molecule has 0 saturated heterocycles. The third kappa shape index (κ3) is 4.57. The lowest BCUT2D eigenvalue weighted by atomic mass is 9.78. The Kier molecular flexibility index (Phi) is 7.08.